The highest BCUT2D eigenvalue weighted by molar-refractivity contribution is 6.32. The standard InChI is InChI=1S/C11H12ClFN2.C2H6/c1-5-9(6-2-3-6)7(12)4-8(14)10(5)11(13)15;1-2/h4,6,15H,2-3,14H2,1H3;1-2H3. The minimum atomic E-state index is -0.983. The summed E-state index contributed by atoms with van der Waals surface area (Å²) in [5.41, 5.74) is 7.77. The number of rotatable bonds is 2. The molecule has 0 saturated heterocycles. The van der Waals surface area contributed by atoms with Gasteiger partial charge in [0.2, 0.25) is 5.97 Å². The highest BCUT2D eigenvalue weighted by Gasteiger charge is 2.29. The van der Waals surface area contributed by atoms with Crippen LogP contribution >= 0.6 is 11.6 Å². The molecule has 0 bridgehead atoms. The molecule has 0 aromatic heterocycles. The van der Waals surface area contributed by atoms with Crippen LogP contribution in [0.25, 0.3) is 0 Å². The first-order chi connectivity index (χ1) is 8.02. The van der Waals surface area contributed by atoms with Gasteiger partial charge in [0.05, 0.1) is 5.56 Å². The maximum atomic E-state index is 13.0. The zero-order valence-corrected chi connectivity index (χ0v) is 11.2. The van der Waals surface area contributed by atoms with E-state index >= 15 is 0 Å². The molecule has 0 heterocycles. The molecule has 1 saturated carbocycles. The third kappa shape index (κ3) is 2.78. The number of benzene rings is 1. The van der Waals surface area contributed by atoms with Crippen LogP contribution in [0, 0.1) is 12.3 Å². The van der Waals surface area contributed by atoms with Crippen molar-refractivity contribution in [3.8, 4) is 0 Å². The molecule has 2 nitrogen and oxygen atoms in total. The summed E-state index contributed by atoms with van der Waals surface area (Å²) in [5, 5.41) is 7.65. The van der Waals surface area contributed by atoms with E-state index < -0.39 is 5.97 Å². The van der Waals surface area contributed by atoms with Crippen LogP contribution in [-0.2, 0) is 0 Å². The molecule has 1 fully saturated rings. The number of nitrogens with two attached hydrogens (primary N) is 1. The molecule has 0 spiro atoms. The Morgan fingerprint density at radius 1 is 1.47 bits per heavy atom. The first-order valence-electron chi connectivity index (χ1n) is 5.85. The second kappa shape index (κ2) is 5.50. The van der Waals surface area contributed by atoms with Crippen LogP contribution in [0.5, 0.6) is 0 Å². The Hall–Kier alpha value is -1.09. The summed E-state index contributed by atoms with van der Waals surface area (Å²) in [4.78, 5) is 0. The van der Waals surface area contributed by atoms with E-state index in [2.05, 4.69) is 0 Å². The minimum absolute atomic E-state index is 0.196. The van der Waals surface area contributed by atoms with Crippen molar-refractivity contribution < 1.29 is 4.39 Å². The second-order valence-corrected chi connectivity index (χ2v) is 4.36. The van der Waals surface area contributed by atoms with E-state index in [1.54, 1.807) is 13.0 Å². The summed E-state index contributed by atoms with van der Waals surface area (Å²) < 4.78 is 13.0. The lowest BCUT2D eigenvalue weighted by Crippen LogP contribution is -2.05. The quantitative estimate of drug-likeness (QED) is 0.597. The first kappa shape index (κ1) is 14.0. The van der Waals surface area contributed by atoms with E-state index in [1.807, 2.05) is 13.8 Å². The third-order valence-corrected chi connectivity index (χ3v) is 3.13. The number of nitrogen functional groups attached to an aromatic ring is 1. The monoisotopic (exact) mass is 256 g/mol. The maximum Gasteiger partial charge on any atom is 0.215 e. The van der Waals surface area contributed by atoms with Crippen LogP contribution in [0.3, 0.4) is 0 Å². The van der Waals surface area contributed by atoms with Gasteiger partial charge in [-0.1, -0.05) is 25.4 Å². The van der Waals surface area contributed by atoms with Crippen LogP contribution in [0.4, 0.5) is 10.1 Å². The molecule has 17 heavy (non-hydrogen) atoms. The van der Waals surface area contributed by atoms with E-state index in [9.17, 15) is 4.39 Å². The summed E-state index contributed by atoms with van der Waals surface area (Å²) >= 11 is 6.07. The van der Waals surface area contributed by atoms with Crippen LogP contribution in [-0.4, -0.2) is 5.97 Å². The molecule has 1 aromatic rings. The van der Waals surface area contributed by atoms with Gasteiger partial charge < -0.3 is 5.73 Å². The number of anilines is 1. The summed E-state index contributed by atoms with van der Waals surface area (Å²) in [6.45, 7) is 5.78. The summed E-state index contributed by atoms with van der Waals surface area (Å²) in [5.74, 6) is -0.556. The van der Waals surface area contributed by atoms with Gasteiger partial charge >= 0.3 is 0 Å². The molecular weight excluding hydrogens is 239 g/mol. The van der Waals surface area contributed by atoms with E-state index in [-0.39, 0.29) is 11.3 Å². The van der Waals surface area contributed by atoms with Gasteiger partial charge in [-0.05, 0) is 42.9 Å². The molecule has 2 rings (SSSR count). The smallest absolute Gasteiger partial charge is 0.215 e. The highest BCUT2D eigenvalue weighted by atomic mass is 35.5. The van der Waals surface area contributed by atoms with E-state index in [0.717, 1.165) is 24.0 Å². The molecule has 0 unspecified atom stereocenters. The van der Waals surface area contributed by atoms with Gasteiger partial charge in [0.25, 0.3) is 0 Å². The number of hydrogen-bond donors (Lipinski definition) is 2. The van der Waals surface area contributed by atoms with Gasteiger partial charge in [-0.15, -0.1) is 0 Å². The van der Waals surface area contributed by atoms with Crippen molar-refractivity contribution in [2.45, 2.75) is 39.5 Å². The van der Waals surface area contributed by atoms with Crippen molar-refractivity contribution in [3.05, 3.63) is 27.8 Å². The minimum Gasteiger partial charge on any atom is -0.398 e. The van der Waals surface area contributed by atoms with E-state index in [1.165, 1.54) is 0 Å². The lowest BCUT2D eigenvalue weighted by atomic mass is 9.97. The van der Waals surface area contributed by atoms with Crippen LogP contribution < -0.4 is 5.73 Å². The molecule has 0 atom stereocenters. The molecule has 4 heteroatoms. The van der Waals surface area contributed by atoms with Crippen molar-refractivity contribution >= 4 is 23.3 Å². The van der Waals surface area contributed by atoms with Crippen LogP contribution in [0.15, 0.2) is 6.07 Å². The molecule has 0 radical (unpaired) electrons. The first-order valence-corrected chi connectivity index (χ1v) is 6.23. The maximum absolute atomic E-state index is 13.0. The third-order valence-electron chi connectivity index (χ3n) is 2.81. The van der Waals surface area contributed by atoms with Crippen molar-refractivity contribution in [3.63, 3.8) is 0 Å². The average molecular weight is 257 g/mol. The molecule has 1 aromatic carbocycles. The Morgan fingerprint density at radius 2 is 2.00 bits per heavy atom. The zero-order valence-electron chi connectivity index (χ0n) is 10.4. The molecule has 0 aliphatic heterocycles. The summed E-state index contributed by atoms with van der Waals surface area (Å²) in [6, 6.07) is 1.55. The predicted molar refractivity (Wildman–Crippen MR) is 71.9 cm³/mol. The van der Waals surface area contributed by atoms with Crippen molar-refractivity contribution in [2.75, 3.05) is 5.73 Å². The SMILES string of the molecule is CC.Cc1c(C(=N)F)c(N)cc(Cl)c1C1CC1. The van der Waals surface area contributed by atoms with Crippen molar-refractivity contribution in [1.29, 1.82) is 5.41 Å². The predicted octanol–water partition coefficient (Wildman–Crippen LogP) is 4.43. The second-order valence-electron chi connectivity index (χ2n) is 3.95. The number of nitrogens with one attached hydrogen (secondary N) is 1. The van der Waals surface area contributed by atoms with Gasteiger partial charge in [0, 0.05) is 10.7 Å². The van der Waals surface area contributed by atoms with Gasteiger partial charge in [-0.25, -0.2) is 0 Å². The van der Waals surface area contributed by atoms with Gasteiger partial charge in [-0.2, -0.15) is 4.39 Å². The lowest BCUT2D eigenvalue weighted by molar-refractivity contribution is 0.796. The normalized spacial score (nSPS) is 13.9. The average Bonchev–Trinajstić information content (AvgIpc) is 3.03. The Labute approximate surface area is 106 Å². The van der Waals surface area contributed by atoms with Gasteiger partial charge in [-0.3, -0.25) is 5.41 Å². The Balaban J connectivity index is 0.000000686. The van der Waals surface area contributed by atoms with Crippen molar-refractivity contribution in [2.24, 2.45) is 0 Å². The summed E-state index contributed by atoms with van der Waals surface area (Å²) in [7, 11) is 0. The van der Waals surface area contributed by atoms with Gasteiger partial charge in [0.15, 0.2) is 0 Å². The molecule has 3 N–H and O–H groups in total. The molecule has 1 aliphatic rings. The van der Waals surface area contributed by atoms with Gasteiger partial charge in [0.1, 0.15) is 0 Å². The zero-order chi connectivity index (χ0) is 13.2. The van der Waals surface area contributed by atoms with E-state index in [4.69, 9.17) is 22.7 Å². The Bertz CT molecular complexity index is 440. The molecule has 1 aliphatic carbocycles. The molecule has 0 amide bonds. The van der Waals surface area contributed by atoms with E-state index in [0.29, 0.717) is 10.9 Å². The Kier molecular flexibility index (Phi) is 4.52. The lowest BCUT2D eigenvalue weighted by Gasteiger charge is -2.13. The van der Waals surface area contributed by atoms with Crippen LogP contribution in [0.1, 0.15) is 49.3 Å². The fraction of sp³-hybridized carbons (Fsp3) is 0.462. The highest BCUT2D eigenvalue weighted by Crippen LogP contribution is 2.46. The number of hydrogen-bond acceptors (Lipinski definition) is 2. The van der Waals surface area contributed by atoms with Crippen LogP contribution in [0.2, 0.25) is 5.02 Å². The largest absolute Gasteiger partial charge is 0.398 e. The molecule has 94 valence electrons. The Morgan fingerprint density at radius 3 is 2.41 bits per heavy atom. The number of halogens is 2. The molecular formula is C13H18ClFN2. The summed E-state index contributed by atoms with van der Waals surface area (Å²) in [6.07, 6.45) is 2.17. The van der Waals surface area contributed by atoms with Crippen molar-refractivity contribution in [1.82, 2.24) is 0 Å². The fourth-order valence-corrected chi connectivity index (χ4v) is 2.39. The fourth-order valence-electron chi connectivity index (χ4n) is 1.98. The topological polar surface area (TPSA) is 49.9 Å².